The monoisotopic (exact) mass is 237 g/mol. The number of ether oxygens (including phenoxy) is 2. The molecule has 0 aliphatic rings. The van der Waals surface area contributed by atoms with Crippen LogP contribution < -0.4 is 5.32 Å². The molecule has 0 amide bonds. The van der Waals surface area contributed by atoms with Crippen molar-refractivity contribution in [3.8, 4) is 0 Å². The second kappa shape index (κ2) is 6.74. The number of methoxy groups -OCH3 is 2. The lowest BCUT2D eigenvalue weighted by molar-refractivity contribution is -0.121. The van der Waals surface area contributed by atoms with Gasteiger partial charge in [0.2, 0.25) is 0 Å². The van der Waals surface area contributed by atoms with Gasteiger partial charge in [-0.1, -0.05) is 18.2 Å². The summed E-state index contributed by atoms with van der Waals surface area (Å²) in [5.41, 5.74) is 4.00. The third-order valence-corrected chi connectivity index (χ3v) is 3.23. The molecule has 0 aromatic heterocycles. The normalized spacial score (nSPS) is 13.1. The summed E-state index contributed by atoms with van der Waals surface area (Å²) >= 11 is 0. The van der Waals surface area contributed by atoms with Crippen LogP contribution in [0.25, 0.3) is 0 Å². The van der Waals surface area contributed by atoms with Crippen molar-refractivity contribution in [1.29, 1.82) is 0 Å². The quantitative estimate of drug-likeness (QED) is 0.768. The van der Waals surface area contributed by atoms with Crippen LogP contribution in [0.1, 0.15) is 16.7 Å². The molecule has 0 radical (unpaired) electrons. The molecule has 0 heterocycles. The van der Waals surface area contributed by atoms with Crippen molar-refractivity contribution < 1.29 is 9.47 Å². The molecule has 1 rings (SSSR count). The second-order valence-corrected chi connectivity index (χ2v) is 4.31. The van der Waals surface area contributed by atoms with Crippen molar-refractivity contribution in [2.24, 2.45) is 0 Å². The highest BCUT2D eigenvalue weighted by atomic mass is 16.7. The molecule has 1 N–H and O–H groups in total. The maximum absolute atomic E-state index is 5.32. The summed E-state index contributed by atoms with van der Waals surface area (Å²) in [4.78, 5) is 0. The van der Waals surface area contributed by atoms with Crippen LogP contribution in [0.4, 0.5) is 0 Å². The zero-order chi connectivity index (χ0) is 12.8. The van der Waals surface area contributed by atoms with Gasteiger partial charge in [-0.2, -0.15) is 0 Å². The minimum Gasteiger partial charge on any atom is -0.354 e. The molecule has 0 fully saturated rings. The van der Waals surface area contributed by atoms with E-state index in [1.807, 2.05) is 7.05 Å². The van der Waals surface area contributed by atoms with Crippen molar-refractivity contribution in [2.75, 3.05) is 21.3 Å². The second-order valence-electron chi connectivity index (χ2n) is 4.31. The summed E-state index contributed by atoms with van der Waals surface area (Å²) in [6, 6.07) is 6.53. The molecule has 0 aliphatic heterocycles. The Balaban J connectivity index is 2.87. The van der Waals surface area contributed by atoms with Gasteiger partial charge in [0.25, 0.3) is 0 Å². The standard InChI is InChI=1S/C14H23NO2/c1-10-7-6-8-11(2)12(10)9-13(15-3)14(16-4)17-5/h6-8,13-15H,9H2,1-5H3. The third kappa shape index (κ3) is 3.53. The number of aryl methyl sites for hydroxylation is 2. The fraction of sp³-hybridized carbons (Fsp3) is 0.571. The minimum absolute atomic E-state index is 0.157. The molecular formula is C14H23NO2. The molecule has 0 aliphatic carbocycles. The molecule has 1 atom stereocenters. The van der Waals surface area contributed by atoms with Crippen LogP contribution in [0.3, 0.4) is 0 Å². The molecule has 0 saturated carbocycles. The molecule has 96 valence electrons. The van der Waals surface area contributed by atoms with Crippen LogP contribution in [0.5, 0.6) is 0 Å². The van der Waals surface area contributed by atoms with Crippen molar-refractivity contribution in [3.63, 3.8) is 0 Å². The number of nitrogens with one attached hydrogen (secondary N) is 1. The Hall–Kier alpha value is -0.900. The van der Waals surface area contributed by atoms with Crippen LogP contribution in [-0.4, -0.2) is 33.6 Å². The lowest BCUT2D eigenvalue weighted by atomic mass is 9.96. The maximum Gasteiger partial charge on any atom is 0.172 e. The van der Waals surface area contributed by atoms with E-state index < -0.39 is 0 Å². The number of hydrogen-bond acceptors (Lipinski definition) is 3. The Morgan fingerprint density at radius 3 is 2.06 bits per heavy atom. The zero-order valence-electron chi connectivity index (χ0n) is 11.4. The highest BCUT2D eigenvalue weighted by molar-refractivity contribution is 5.34. The first-order valence-corrected chi connectivity index (χ1v) is 5.92. The highest BCUT2D eigenvalue weighted by Crippen LogP contribution is 2.17. The Morgan fingerprint density at radius 1 is 1.12 bits per heavy atom. The van der Waals surface area contributed by atoms with Gasteiger partial charge in [0.1, 0.15) is 0 Å². The first-order chi connectivity index (χ1) is 8.13. The average molecular weight is 237 g/mol. The van der Waals surface area contributed by atoms with Gasteiger partial charge < -0.3 is 14.8 Å². The van der Waals surface area contributed by atoms with Gasteiger partial charge in [-0.25, -0.2) is 0 Å². The van der Waals surface area contributed by atoms with Crippen LogP contribution >= 0.6 is 0 Å². The maximum atomic E-state index is 5.32. The van der Waals surface area contributed by atoms with Crippen LogP contribution in [0, 0.1) is 13.8 Å². The van der Waals surface area contributed by atoms with E-state index in [1.165, 1.54) is 16.7 Å². The average Bonchev–Trinajstić information content (AvgIpc) is 2.33. The van der Waals surface area contributed by atoms with E-state index in [9.17, 15) is 0 Å². The summed E-state index contributed by atoms with van der Waals surface area (Å²) in [7, 11) is 5.27. The van der Waals surface area contributed by atoms with Gasteiger partial charge in [-0.05, 0) is 44.0 Å². The predicted octanol–water partition coefficient (Wildman–Crippen LogP) is 2.05. The fourth-order valence-corrected chi connectivity index (χ4v) is 2.15. The molecule has 0 spiro atoms. The summed E-state index contributed by atoms with van der Waals surface area (Å²) in [5.74, 6) is 0. The van der Waals surface area contributed by atoms with Crippen LogP contribution in [0.15, 0.2) is 18.2 Å². The van der Waals surface area contributed by atoms with Crippen molar-refractivity contribution in [1.82, 2.24) is 5.32 Å². The molecule has 1 aromatic carbocycles. The number of likely N-dealkylation sites (N-methyl/N-ethyl adjacent to an activating group) is 1. The number of hydrogen-bond donors (Lipinski definition) is 1. The van der Waals surface area contributed by atoms with Crippen LogP contribution in [-0.2, 0) is 15.9 Å². The fourth-order valence-electron chi connectivity index (χ4n) is 2.15. The van der Waals surface area contributed by atoms with Gasteiger partial charge in [-0.3, -0.25) is 0 Å². The zero-order valence-corrected chi connectivity index (χ0v) is 11.4. The van der Waals surface area contributed by atoms with E-state index in [0.29, 0.717) is 0 Å². The van der Waals surface area contributed by atoms with Crippen LogP contribution in [0.2, 0.25) is 0 Å². The smallest absolute Gasteiger partial charge is 0.172 e. The Morgan fingerprint density at radius 2 is 1.65 bits per heavy atom. The molecule has 0 saturated heterocycles. The molecular weight excluding hydrogens is 214 g/mol. The molecule has 3 heteroatoms. The van der Waals surface area contributed by atoms with E-state index in [-0.39, 0.29) is 12.3 Å². The van der Waals surface area contributed by atoms with Gasteiger partial charge in [-0.15, -0.1) is 0 Å². The van der Waals surface area contributed by atoms with Gasteiger partial charge >= 0.3 is 0 Å². The topological polar surface area (TPSA) is 30.5 Å². The van der Waals surface area contributed by atoms with Crippen molar-refractivity contribution >= 4 is 0 Å². The third-order valence-electron chi connectivity index (χ3n) is 3.23. The SMILES string of the molecule is CNC(Cc1c(C)cccc1C)C(OC)OC. The van der Waals surface area contributed by atoms with E-state index >= 15 is 0 Å². The first-order valence-electron chi connectivity index (χ1n) is 5.92. The van der Waals surface area contributed by atoms with E-state index in [1.54, 1.807) is 14.2 Å². The summed E-state index contributed by atoms with van der Waals surface area (Å²) in [6.45, 7) is 4.29. The summed E-state index contributed by atoms with van der Waals surface area (Å²) < 4.78 is 10.6. The van der Waals surface area contributed by atoms with Gasteiger partial charge in [0.05, 0.1) is 6.04 Å². The number of benzene rings is 1. The van der Waals surface area contributed by atoms with E-state index in [0.717, 1.165) is 6.42 Å². The molecule has 3 nitrogen and oxygen atoms in total. The molecule has 17 heavy (non-hydrogen) atoms. The highest BCUT2D eigenvalue weighted by Gasteiger charge is 2.20. The first kappa shape index (κ1) is 14.2. The molecule has 0 bridgehead atoms. The van der Waals surface area contributed by atoms with Crippen molar-refractivity contribution in [2.45, 2.75) is 32.6 Å². The lowest BCUT2D eigenvalue weighted by Crippen LogP contribution is -2.42. The Kier molecular flexibility index (Phi) is 5.62. The van der Waals surface area contributed by atoms with E-state index in [2.05, 4.69) is 37.4 Å². The van der Waals surface area contributed by atoms with Gasteiger partial charge in [0, 0.05) is 14.2 Å². The van der Waals surface area contributed by atoms with Crippen molar-refractivity contribution in [3.05, 3.63) is 34.9 Å². The largest absolute Gasteiger partial charge is 0.354 e. The molecule has 1 aromatic rings. The summed E-state index contributed by atoms with van der Waals surface area (Å²) in [6.07, 6.45) is 0.681. The van der Waals surface area contributed by atoms with E-state index in [4.69, 9.17) is 9.47 Å². The Bertz CT molecular complexity index is 328. The minimum atomic E-state index is -0.223. The summed E-state index contributed by atoms with van der Waals surface area (Å²) in [5, 5.41) is 3.26. The predicted molar refractivity (Wildman–Crippen MR) is 70.3 cm³/mol. The number of rotatable bonds is 6. The van der Waals surface area contributed by atoms with Gasteiger partial charge in [0.15, 0.2) is 6.29 Å². The molecule has 1 unspecified atom stereocenters. The Labute approximate surface area is 104 Å². The lowest BCUT2D eigenvalue weighted by Gasteiger charge is -2.25.